The second kappa shape index (κ2) is 20.6. The topological polar surface area (TPSA) is 14.7 Å². The van der Waals surface area contributed by atoms with Crippen LogP contribution in [0.2, 0.25) is 0 Å². The molecule has 0 saturated heterocycles. The van der Waals surface area contributed by atoms with E-state index in [1.807, 2.05) is 0 Å². The van der Waals surface area contributed by atoms with E-state index in [0.717, 1.165) is 17.1 Å². The molecule has 0 radical (unpaired) electrons. The fraction of sp³-hybridized carbons (Fsp3) is 0.233. The number of anilines is 9. The van der Waals surface area contributed by atoms with Crippen LogP contribution in [-0.2, 0) is 21.7 Å². The van der Waals surface area contributed by atoms with Gasteiger partial charge in [0.15, 0.2) is 0 Å². The molecule has 0 unspecified atom stereocenters. The van der Waals surface area contributed by atoms with Crippen LogP contribution in [0.1, 0.15) is 132 Å². The Bertz CT molecular complexity index is 4930. The molecule has 1 aromatic heterocycles. The summed E-state index contributed by atoms with van der Waals surface area (Å²) in [4.78, 5) is 7.83. The summed E-state index contributed by atoms with van der Waals surface area (Å²) in [6.45, 7) is 37.3. The van der Waals surface area contributed by atoms with Crippen molar-refractivity contribution in [3.63, 3.8) is 0 Å². The number of fused-ring (bicyclic) bond motifs is 10. The first-order chi connectivity index (χ1) is 43.3. The third-order valence-corrected chi connectivity index (χ3v) is 20.5. The van der Waals surface area contributed by atoms with Crippen molar-refractivity contribution in [3.05, 3.63) is 268 Å². The van der Waals surface area contributed by atoms with E-state index in [4.69, 9.17) is 0 Å². The molecule has 0 spiro atoms. The molecule has 0 bridgehead atoms. The number of rotatable bonds is 7. The van der Waals surface area contributed by atoms with E-state index in [9.17, 15) is 0 Å². The summed E-state index contributed by atoms with van der Waals surface area (Å²) in [6, 6.07) is 82.1. The van der Waals surface area contributed by atoms with Crippen molar-refractivity contribution in [1.29, 1.82) is 0 Å². The lowest BCUT2D eigenvalue weighted by Crippen LogP contribution is -2.61. The second-order valence-electron chi connectivity index (χ2n) is 30.2. The van der Waals surface area contributed by atoms with E-state index in [0.29, 0.717) is 0 Å². The number of aryl methyl sites for hydroxylation is 5. The highest BCUT2D eigenvalue weighted by atomic mass is 15.2. The van der Waals surface area contributed by atoms with Crippen molar-refractivity contribution in [3.8, 4) is 27.9 Å². The van der Waals surface area contributed by atoms with Crippen LogP contribution in [-0.4, -0.2) is 11.3 Å². The van der Waals surface area contributed by atoms with Gasteiger partial charge >= 0.3 is 0 Å². The zero-order chi connectivity index (χ0) is 63.5. The number of hydrogen-bond acceptors (Lipinski definition) is 3. The van der Waals surface area contributed by atoms with Crippen molar-refractivity contribution >= 4 is 96.1 Å². The summed E-state index contributed by atoms with van der Waals surface area (Å²) in [5, 5.41) is 2.47. The first-order valence-electron chi connectivity index (χ1n) is 32.9. The molecule has 3 aliphatic rings. The predicted octanol–water partition coefficient (Wildman–Crippen LogP) is 21.7. The Kier molecular flexibility index (Phi) is 13.2. The lowest BCUT2D eigenvalue weighted by Gasteiger charge is -2.45. The van der Waals surface area contributed by atoms with Crippen molar-refractivity contribution in [2.75, 3.05) is 14.7 Å². The Labute approximate surface area is 540 Å². The molecule has 1 aliphatic carbocycles. The fourth-order valence-corrected chi connectivity index (χ4v) is 15.8. The van der Waals surface area contributed by atoms with Crippen LogP contribution in [0.3, 0.4) is 0 Å². The van der Waals surface area contributed by atoms with Gasteiger partial charge in [0.2, 0.25) is 0 Å². The number of hydrogen-bond donors (Lipinski definition) is 0. The molecule has 0 atom stereocenters. The number of aromatic nitrogens is 1. The fourth-order valence-electron chi connectivity index (χ4n) is 15.8. The SMILES string of the molecule is Cc1cc2c3c(c1)N(c1c(C)cc(-c4ccc5c(c4)C(C)(C)c4ccccc4-5)cc1C)c1cc(N(c4ccc5c6ccccc6n(-c6ccccc6)c5c4)c4c(C)cc(C(C)(C)C)cc4C)ccc1B3c1ccc(C(C)(C)C)cc1N2c1ccc(C(C)(C)C)cc1. The molecule has 11 aromatic carbocycles. The van der Waals surface area contributed by atoms with Gasteiger partial charge in [0.05, 0.1) is 22.4 Å². The number of nitrogens with zero attached hydrogens (tertiary/aromatic N) is 4. The quantitative estimate of drug-likeness (QED) is 0.148. The van der Waals surface area contributed by atoms with E-state index in [1.165, 1.54) is 156 Å². The molecule has 91 heavy (non-hydrogen) atoms. The minimum Gasteiger partial charge on any atom is -0.311 e. The molecule has 0 N–H and O–H groups in total. The average Bonchev–Trinajstić information content (AvgIpc) is 1.01. The molecule has 3 heterocycles. The lowest BCUT2D eigenvalue weighted by molar-refractivity contribution is 0.589. The molecule has 4 nitrogen and oxygen atoms in total. The largest absolute Gasteiger partial charge is 0.311 e. The Morgan fingerprint density at radius 2 is 0.945 bits per heavy atom. The summed E-state index contributed by atoms with van der Waals surface area (Å²) in [5.41, 5.74) is 35.9. The molecule has 0 fully saturated rings. The third kappa shape index (κ3) is 9.23. The van der Waals surface area contributed by atoms with Gasteiger partial charge in [-0.1, -0.05) is 197 Å². The van der Waals surface area contributed by atoms with Crippen molar-refractivity contribution in [2.45, 2.75) is 132 Å². The summed E-state index contributed by atoms with van der Waals surface area (Å²) < 4.78 is 2.45. The van der Waals surface area contributed by atoms with Gasteiger partial charge in [0.1, 0.15) is 0 Å². The van der Waals surface area contributed by atoms with Gasteiger partial charge in [-0.05, 0) is 236 Å². The Morgan fingerprint density at radius 1 is 0.385 bits per heavy atom. The van der Waals surface area contributed by atoms with Gasteiger partial charge in [-0.2, -0.15) is 0 Å². The first kappa shape index (κ1) is 58.1. The molecule has 0 amide bonds. The number of para-hydroxylation sites is 2. The molecule has 5 heteroatoms. The highest BCUT2D eigenvalue weighted by Crippen LogP contribution is 2.53. The molecule has 15 rings (SSSR count). The lowest BCUT2D eigenvalue weighted by atomic mass is 9.33. The third-order valence-electron chi connectivity index (χ3n) is 20.5. The van der Waals surface area contributed by atoms with Gasteiger partial charge in [-0.15, -0.1) is 0 Å². The minimum atomic E-state index is -0.108. The van der Waals surface area contributed by atoms with Gasteiger partial charge in [-0.3, -0.25) is 0 Å². The van der Waals surface area contributed by atoms with Crippen LogP contribution < -0.4 is 31.1 Å². The molecular weight excluding hydrogens is 1100 g/mol. The normalized spacial score (nSPS) is 14.0. The van der Waals surface area contributed by atoms with Crippen LogP contribution in [0, 0.1) is 34.6 Å². The van der Waals surface area contributed by atoms with E-state index >= 15 is 0 Å². The monoisotopic (exact) mass is 1180 g/mol. The van der Waals surface area contributed by atoms with E-state index < -0.39 is 0 Å². The van der Waals surface area contributed by atoms with Crippen molar-refractivity contribution in [1.82, 2.24) is 4.57 Å². The standard InChI is InChI=1S/C86H83BN4/c1-52-42-78-80-79(43-52)91(82-53(2)44-58(45-54(82)3)57-30-38-67-66-26-20-22-28-70(66)86(15,16)71(67)48-57)77-51-65(37-41-73(77)87(80)72-40-33-60(84(9,10)11)49-76(72)90(78)63-34-31-59(32-35-63)83(6,7)8)88(81-55(4)46-61(47-56(81)5)85(12,13)14)64-36-39-69-68-27-21-23-29-74(68)89(75(69)50-64)62-24-18-17-19-25-62/h17-51H,1-16H3. The predicted molar refractivity (Wildman–Crippen MR) is 392 cm³/mol. The Hall–Kier alpha value is -9.32. The van der Waals surface area contributed by atoms with E-state index in [1.54, 1.807) is 0 Å². The maximum Gasteiger partial charge on any atom is 0.252 e. The maximum absolute atomic E-state index is 2.67. The Morgan fingerprint density at radius 3 is 1.63 bits per heavy atom. The number of benzene rings is 11. The van der Waals surface area contributed by atoms with Gasteiger partial charge < -0.3 is 19.3 Å². The minimum absolute atomic E-state index is 0.0143. The van der Waals surface area contributed by atoms with Crippen LogP contribution in [0.25, 0.3) is 49.7 Å². The summed E-state index contributed by atoms with van der Waals surface area (Å²) in [6.07, 6.45) is 0. The van der Waals surface area contributed by atoms with Crippen molar-refractivity contribution < 1.29 is 0 Å². The smallest absolute Gasteiger partial charge is 0.252 e. The summed E-state index contributed by atoms with van der Waals surface area (Å²) in [7, 11) is 0. The summed E-state index contributed by atoms with van der Waals surface area (Å²) in [5.74, 6) is 0. The molecule has 450 valence electrons. The van der Waals surface area contributed by atoms with Crippen LogP contribution >= 0.6 is 0 Å². The van der Waals surface area contributed by atoms with Gasteiger partial charge in [0, 0.05) is 61.7 Å². The molecule has 12 aromatic rings. The van der Waals surface area contributed by atoms with Crippen LogP contribution in [0.4, 0.5) is 51.2 Å². The first-order valence-corrected chi connectivity index (χ1v) is 32.9. The van der Waals surface area contributed by atoms with Gasteiger partial charge in [0.25, 0.3) is 6.71 Å². The van der Waals surface area contributed by atoms with Crippen LogP contribution in [0.5, 0.6) is 0 Å². The van der Waals surface area contributed by atoms with Gasteiger partial charge in [-0.25, -0.2) is 0 Å². The van der Waals surface area contributed by atoms with Crippen molar-refractivity contribution in [2.24, 2.45) is 0 Å². The molecular formula is C86H83BN4. The Balaban J connectivity index is 1.000. The zero-order valence-corrected chi connectivity index (χ0v) is 56.1. The molecule has 0 saturated carbocycles. The van der Waals surface area contributed by atoms with E-state index in [2.05, 4.69) is 342 Å². The molecule has 2 aliphatic heterocycles. The highest BCUT2D eigenvalue weighted by molar-refractivity contribution is 7.00. The second-order valence-corrected chi connectivity index (χ2v) is 30.2. The van der Waals surface area contributed by atoms with E-state index in [-0.39, 0.29) is 28.4 Å². The summed E-state index contributed by atoms with van der Waals surface area (Å²) >= 11 is 0. The average molecular weight is 1180 g/mol. The highest BCUT2D eigenvalue weighted by Gasteiger charge is 2.45. The zero-order valence-electron chi connectivity index (χ0n) is 56.1. The maximum atomic E-state index is 2.67. The van der Waals surface area contributed by atoms with Crippen LogP contribution in [0.15, 0.2) is 212 Å².